The number of carbonyl (C=O) groups excluding carboxylic acids is 1. The molecule has 0 spiro atoms. The number of anilines is 1. The molecule has 0 radical (unpaired) electrons. The van der Waals surface area contributed by atoms with E-state index in [2.05, 4.69) is 16.6 Å². The van der Waals surface area contributed by atoms with Crippen molar-refractivity contribution in [3.8, 4) is 23.0 Å². The summed E-state index contributed by atoms with van der Waals surface area (Å²) in [5.74, 6) is 5.90. The van der Waals surface area contributed by atoms with Crippen LogP contribution in [0.5, 0.6) is 0 Å². The molecule has 0 saturated carbocycles. The van der Waals surface area contributed by atoms with E-state index in [1.807, 2.05) is 0 Å². The number of benzene rings is 2. The third-order valence-corrected chi connectivity index (χ3v) is 5.85. The summed E-state index contributed by atoms with van der Waals surface area (Å²) in [5, 5.41) is 9.74. The summed E-state index contributed by atoms with van der Waals surface area (Å²) in [6.45, 7) is 2.42. The topological polar surface area (TPSA) is 117 Å². The molecule has 1 aromatic heterocycles. The Morgan fingerprint density at radius 3 is 2.55 bits per heavy atom. The molecule has 9 heteroatoms. The van der Waals surface area contributed by atoms with E-state index in [9.17, 15) is 23.1 Å². The maximum absolute atomic E-state index is 13.0. The fourth-order valence-electron chi connectivity index (χ4n) is 3.54. The zero-order valence-corrected chi connectivity index (χ0v) is 18.8. The Kier molecular flexibility index (Phi) is 5.97. The highest BCUT2D eigenvalue weighted by Gasteiger charge is 2.31. The SMILES string of the molecule is CC(O)C(=O)N1CC(C#Cc2ccc3c(=O)c(-c4ccc(NS(C)(=O)=O)cc4)coc3c2)C1. The van der Waals surface area contributed by atoms with E-state index >= 15 is 0 Å². The quantitative estimate of drug-likeness (QED) is 0.568. The second-order valence-electron chi connectivity index (χ2n) is 8.03. The molecule has 0 aliphatic carbocycles. The number of carbonyl (C=O) groups is 1. The first-order chi connectivity index (χ1) is 15.6. The molecular formula is C24H22N2O6S. The molecule has 1 aliphatic rings. The first-order valence-corrected chi connectivity index (χ1v) is 12.1. The summed E-state index contributed by atoms with van der Waals surface area (Å²) in [4.78, 5) is 26.2. The maximum Gasteiger partial charge on any atom is 0.251 e. The van der Waals surface area contributed by atoms with Crippen molar-refractivity contribution in [1.82, 2.24) is 4.90 Å². The van der Waals surface area contributed by atoms with Crippen LogP contribution in [0.15, 0.2) is 57.9 Å². The fraction of sp³-hybridized carbons (Fsp3) is 0.250. The molecule has 33 heavy (non-hydrogen) atoms. The van der Waals surface area contributed by atoms with Crippen molar-refractivity contribution in [2.24, 2.45) is 5.92 Å². The molecule has 8 nitrogen and oxygen atoms in total. The number of nitrogens with zero attached hydrogens (tertiary/aromatic N) is 1. The Hall–Kier alpha value is -3.61. The molecular weight excluding hydrogens is 444 g/mol. The molecule has 3 aromatic rings. The predicted octanol–water partition coefficient (Wildman–Crippen LogP) is 2.02. The lowest BCUT2D eigenvalue weighted by molar-refractivity contribution is -0.144. The predicted molar refractivity (Wildman–Crippen MR) is 125 cm³/mol. The normalized spacial score (nSPS) is 14.8. The van der Waals surface area contributed by atoms with Gasteiger partial charge in [-0.1, -0.05) is 24.0 Å². The summed E-state index contributed by atoms with van der Waals surface area (Å²) < 4.78 is 30.8. The summed E-state index contributed by atoms with van der Waals surface area (Å²) in [7, 11) is -3.38. The molecule has 1 fully saturated rings. The van der Waals surface area contributed by atoms with E-state index in [0.29, 0.717) is 46.4 Å². The lowest BCUT2D eigenvalue weighted by Crippen LogP contribution is -2.52. The van der Waals surface area contributed by atoms with E-state index in [-0.39, 0.29) is 17.3 Å². The zero-order chi connectivity index (χ0) is 23.8. The summed E-state index contributed by atoms with van der Waals surface area (Å²) in [6.07, 6.45) is 1.44. The Labute approximate surface area is 190 Å². The van der Waals surface area contributed by atoms with Crippen LogP contribution in [0.3, 0.4) is 0 Å². The van der Waals surface area contributed by atoms with Gasteiger partial charge in [0.05, 0.1) is 23.1 Å². The van der Waals surface area contributed by atoms with Gasteiger partial charge >= 0.3 is 0 Å². The van der Waals surface area contributed by atoms with Gasteiger partial charge < -0.3 is 14.4 Å². The number of fused-ring (bicyclic) bond motifs is 1. The smallest absolute Gasteiger partial charge is 0.251 e. The number of hydrogen-bond donors (Lipinski definition) is 2. The number of sulfonamides is 1. The van der Waals surface area contributed by atoms with Gasteiger partial charge in [0.1, 0.15) is 18.0 Å². The lowest BCUT2D eigenvalue weighted by Gasteiger charge is -2.37. The van der Waals surface area contributed by atoms with Gasteiger partial charge in [-0.15, -0.1) is 0 Å². The van der Waals surface area contributed by atoms with Crippen LogP contribution in [-0.4, -0.2) is 49.8 Å². The molecule has 1 saturated heterocycles. The largest absolute Gasteiger partial charge is 0.463 e. The minimum atomic E-state index is -3.38. The maximum atomic E-state index is 13.0. The number of aliphatic hydroxyl groups excluding tert-OH is 1. The van der Waals surface area contributed by atoms with Crippen LogP contribution in [0.4, 0.5) is 5.69 Å². The van der Waals surface area contributed by atoms with Crippen LogP contribution >= 0.6 is 0 Å². The Bertz CT molecular complexity index is 1440. The van der Waals surface area contributed by atoms with Crippen molar-refractivity contribution < 1.29 is 22.7 Å². The Balaban J connectivity index is 1.52. The number of aliphatic hydroxyl groups is 1. The van der Waals surface area contributed by atoms with Gasteiger partial charge in [-0.25, -0.2) is 8.42 Å². The van der Waals surface area contributed by atoms with E-state index in [1.54, 1.807) is 47.4 Å². The molecule has 1 amide bonds. The molecule has 1 aliphatic heterocycles. The molecule has 1 atom stereocenters. The summed E-state index contributed by atoms with van der Waals surface area (Å²) in [6, 6.07) is 11.6. The highest BCUT2D eigenvalue weighted by atomic mass is 32.2. The van der Waals surface area contributed by atoms with E-state index in [0.717, 1.165) is 6.26 Å². The minimum absolute atomic E-state index is 0.0398. The fourth-order valence-corrected chi connectivity index (χ4v) is 4.10. The number of hydrogen-bond acceptors (Lipinski definition) is 6. The number of likely N-dealkylation sites (tertiary alicyclic amines) is 1. The molecule has 2 aromatic carbocycles. The van der Waals surface area contributed by atoms with Crippen LogP contribution in [-0.2, 0) is 14.8 Å². The molecule has 2 N–H and O–H groups in total. The lowest BCUT2D eigenvalue weighted by atomic mass is 9.99. The van der Waals surface area contributed by atoms with Crippen LogP contribution < -0.4 is 10.2 Å². The third-order valence-electron chi connectivity index (χ3n) is 5.24. The van der Waals surface area contributed by atoms with Crippen LogP contribution in [0, 0.1) is 17.8 Å². The van der Waals surface area contributed by atoms with Gasteiger partial charge in [0.2, 0.25) is 10.0 Å². The van der Waals surface area contributed by atoms with Gasteiger partial charge in [-0.05, 0) is 42.8 Å². The first kappa shape index (κ1) is 22.6. The second kappa shape index (κ2) is 8.73. The highest BCUT2D eigenvalue weighted by molar-refractivity contribution is 7.92. The average molecular weight is 467 g/mol. The summed E-state index contributed by atoms with van der Waals surface area (Å²) in [5.41, 5.74) is 2.27. The van der Waals surface area contributed by atoms with Gasteiger partial charge in [-0.3, -0.25) is 14.3 Å². The van der Waals surface area contributed by atoms with Gasteiger partial charge in [0, 0.05) is 24.3 Å². The molecule has 0 bridgehead atoms. The molecule has 2 heterocycles. The Morgan fingerprint density at radius 2 is 1.91 bits per heavy atom. The standard InChI is InChI=1S/C24H22N2O6S/c1-15(27)24(29)26-12-17(13-26)4-3-16-5-10-20-22(11-16)32-14-21(23(20)28)18-6-8-19(9-7-18)25-33(2,30)31/h5-11,14-15,17,25,27H,12-13H2,1-2H3. The first-order valence-electron chi connectivity index (χ1n) is 10.2. The minimum Gasteiger partial charge on any atom is -0.463 e. The van der Waals surface area contributed by atoms with Crippen molar-refractivity contribution in [3.63, 3.8) is 0 Å². The highest BCUT2D eigenvalue weighted by Crippen LogP contribution is 2.23. The average Bonchev–Trinajstić information content (AvgIpc) is 2.72. The van der Waals surface area contributed by atoms with Crippen molar-refractivity contribution in [3.05, 3.63) is 64.5 Å². The molecule has 4 rings (SSSR count). The molecule has 1 unspecified atom stereocenters. The van der Waals surface area contributed by atoms with Gasteiger partial charge in [0.25, 0.3) is 5.91 Å². The number of rotatable bonds is 4. The van der Waals surface area contributed by atoms with Crippen LogP contribution in [0.25, 0.3) is 22.1 Å². The van der Waals surface area contributed by atoms with Crippen LogP contribution in [0.1, 0.15) is 12.5 Å². The van der Waals surface area contributed by atoms with Crippen molar-refractivity contribution in [2.75, 3.05) is 24.1 Å². The number of nitrogens with one attached hydrogen (secondary N) is 1. The summed E-state index contributed by atoms with van der Waals surface area (Å²) >= 11 is 0. The van der Waals surface area contributed by atoms with Crippen molar-refractivity contribution >= 4 is 32.6 Å². The monoisotopic (exact) mass is 466 g/mol. The van der Waals surface area contributed by atoms with E-state index in [4.69, 9.17) is 4.42 Å². The number of amides is 1. The second-order valence-corrected chi connectivity index (χ2v) is 9.77. The Morgan fingerprint density at radius 1 is 1.21 bits per heavy atom. The zero-order valence-electron chi connectivity index (χ0n) is 18.0. The van der Waals surface area contributed by atoms with Crippen LogP contribution in [0.2, 0.25) is 0 Å². The van der Waals surface area contributed by atoms with E-state index < -0.39 is 16.1 Å². The molecule has 170 valence electrons. The van der Waals surface area contributed by atoms with E-state index in [1.165, 1.54) is 13.2 Å². The van der Waals surface area contributed by atoms with Gasteiger partial charge in [-0.2, -0.15) is 0 Å². The van der Waals surface area contributed by atoms with Crippen molar-refractivity contribution in [1.29, 1.82) is 0 Å². The third kappa shape index (κ3) is 5.08. The van der Waals surface area contributed by atoms with Gasteiger partial charge in [0.15, 0.2) is 5.43 Å². The van der Waals surface area contributed by atoms with Crippen molar-refractivity contribution in [2.45, 2.75) is 13.0 Å².